The number of fused-ring (bicyclic) bond motifs is 3. The number of hydrogen-bond donors (Lipinski definition) is 2. The number of aromatic amines is 1. The molecule has 0 atom stereocenters. The van der Waals surface area contributed by atoms with E-state index < -0.39 is 5.97 Å². The van der Waals surface area contributed by atoms with Crippen molar-refractivity contribution in [1.82, 2.24) is 20.2 Å². The van der Waals surface area contributed by atoms with Gasteiger partial charge in [0.25, 0.3) is 0 Å². The lowest BCUT2D eigenvalue weighted by Gasteiger charge is -2.15. The highest BCUT2D eigenvalue weighted by atomic mass is 19.1. The molecule has 1 aliphatic carbocycles. The largest absolute Gasteiger partial charge is 0.476 e. The fraction of sp³-hybridized carbons (Fsp3) is 0.125. The third-order valence-electron chi connectivity index (χ3n) is 3.92. The Balaban J connectivity index is 1.84. The Labute approximate surface area is 130 Å². The van der Waals surface area contributed by atoms with Gasteiger partial charge in [0, 0.05) is 17.3 Å². The third kappa shape index (κ3) is 2.17. The fourth-order valence-corrected chi connectivity index (χ4v) is 2.79. The summed E-state index contributed by atoms with van der Waals surface area (Å²) in [4.78, 5) is 20.1. The van der Waals surface area contributed by atoms with Crippen molar-refractivity contribution in [1.29, 1.82) is 0 Å². The zero-order valence-corrected chi connectivity index (χ0v) is 11.9. The number of benzene rings is 1. The number of aromatic carboxylic acids is 1. The number of carboxylic acids is 1. The Morgan fingerprint density at radius 3 is 2.74 bits per heavy atom. The van der Waals surface area contributed by atoms with Crippen LogP contribution in [0.15, 0.2) is 30.5 Å². The molecule has 0 aliphatic heterocycles. The number of hydrogen-bond acceptors (Lipinski definition) is 4. The second-order valence-electron chi connectivity index (χ2n) is 5.31. The van der Waals surface area contributed by atoms with Crippen LogP contribution in [0.2, 0.25) is 0 Å². The average Bonchev–Trinajstić information content (AvgIpc) is 3.00. The zero-order valence-electron chi connectivity index (χ0n) is 11.9. The summed E-state index contributed by atoms with van der Waals surface area (Å²) >= 11 is 0. The second kappa shape index (κ2) is 4.98. The normalized spacial score (nSPS) is 12.6. The first-order chi connectivity index (χ1) is 11.1. The van der Waals surface area contributed by atoms with Crippen LogP contribution < -0.4 is 0 Å². The smallest absolute Gasteiger partial charge is 0.356 e. The molecule has 0 saturated carbocycles. The van der Waals surface area contributed by atoms with Gasteiger partial charge in [-0.15, -0.1) is 0 Å². The van der Waals surface area contributed by atoms with E-state index in [1.807, 2.05) is 0 Å². The van der Waals surface area contributed by atoms with Crippen LogP contribution >= 0.6 is 0 Å². The van der Waals surface area contributed by atoms with Gasteiger partial charge in [-0.2, -0.15) is 5.10 Å². The minimum Gasteiger partial charge on any atom is -0.476 e. The Bertz CT molecular complexity index is 918. The highest BCUT2D eigenvalue weighted by Crippen LogP contribution is 2.33. The molecule has 6 nitrogen and oxygen atoms in total. The number of nitrogens with one attached hydrogen (secondary N) is 1. The average molecular weight is 310 g/mol. The monoisotopic (exact) mass is 310 g/mol. The molecule has 7 heteroatoms. The van der Waals surface area contributed by atoms with Crippen molar-refractivity contribution in [2.24, 2.45) is 0 Å². The standard InChI is InChI=1S/C16H11FN4O2/c17-10-4-1-8(2-5-10)15-18-7-9-3-6-11-13(12(9)19-15)20-21-14(11)16(22)23/h1-2,4-5,7H,3,6H2,(H,20,21)(H,22,23). The van der Waals surface area contributed by atoms with E-state index in [1.165, 1.54) is 12.1 Å². The van der Waals surface area contributed by atoms with Crippen molar-refractivity contribution in [3.63, 3.8) is 0 Å². The first-order valence-corrected chi connectivity index (χ1v) is 7.06. The van der Waals surface area contributed by atoms with E-state index in [0.717, 1.165) is 5.56 Å². The van der Waals surface area contributed by atoms with Crippen molar-refractivity contribution in [2.75, 3.05) is 0 Å². The van der Waals surface area contributed by atoms with Gasteiger partial charge in [-0.3, -0.25) is 5.10 Å². The lowest BCUT2D eigenvalue weighted by Crippen LogP contribution is -2.09. The number of halogens is 1. The lowest BCUT2D eigenvalue weighted by molar-refractivity contribution is 0.0689. The van der Waals surface area contributed by atoms with Crippen molar-refractivity contribution in [3.05, 3.63) is 53.1 Å². The Morgan fingerprint density at radius 2 is 2.00 bits per heavy atom. The van der Waals surface area contributed by atoms with E-state index in [9.17, 15) is 14.3 Å². The number of carboxylic acid groups (broad SMARTS) is 1. The molecule has 0 bridgehead atoms. The maximum atomic E-state index is 13.0. The summed E-state index contributed by atoms with van der Waals surface area (Å²) in [6.45, 7) is 0. The summed E-state index contributed by atoms with van der Waals surface area (Å²) in [6.07, 6.45) is 2.97. The van der Waals surface area contributed by atoms with Crippen molar-refractivity contribution in [2.45, 2.75) is 12.8 Å². The number of aromatic nitrogens is 4. The third-order valence-corrected chi connectivity index (χ3v) is 3.92. The highest BCUT2D eigenvalue weighted by Gasteiger charge is 2.26. The van der Waals surface area contributed by atoms with Gasteiger partial charge in [0.05, 0.1) is 11.4 Å². The highest BCUT2D eigenvalue weighted by molar-refractivity contribution is 5.90. The molecule has 3 aromatic rings. The van der Waals surface area contributed by atoms with Gasteiger partial charge in [0.2, 0.25) is 0 Å². The van der Waals surface area contributed by atoms with Crippen LogP contribution in [0.3, 0.4) is 0 Å². The number of carbonyl (C=O) groups is 1. The van der Waals surface area contributed by atoms with Gasteiger partial charge in [-0.25, -0.2) is 19.2 Å². The maximum Gasteiger partial charge on any atom is 0.356 e. The SMILES string of the molecule is O=C(O)c1n[nH]c2c1CCc1cnc(-c3ccc(F)cc3)nc1-2. The Kier molecular flexibility index (Phi) is 2.94. The van der Waals surface area contributed by atoms with Crippen LogP contribution in [0, 0.1) is 5.82 Å². The topological polar surface area (TPSA) is 91.8 Å². The van der Waals surface area contributed by atoms with Gasteiger partial charge in [-0.1, -0.05) is 0 Å². The summed E-state index contributed by atoms with van der Waals surface area (Å²) in [5, 5.41) is 15.8. The van der Waals surface area contributed by atoms with Crippen LogP contribution in [-0.4, -0.2) is 31.2 Å². The second-order valence-corrected chi connectivity index (χ2v) is 5.31. The van der Waals surface area contributed by atoms with Crippen LogP contribution in [0.5, 0.6) is 0 Å². The van der Waals surface area contributed by atoms with Crippen LogP contribution in [-0.2, 0) is 12.8 Å². The summed E-state index contributed by atoms with van der Waals surface area (Å²) in [5.41, 5.74) is 3.60. The first kappa shape index (κ1) is 13.6. The Hall–Kier alpha value is -3.09. The minimum absolute atomic E-state index is 0.0348. The molecule has 4 rings (SSSR count). The number of H-pyrrole nitrogens is 1. The van der Waals surface area contributed by atoms with E-state index in [4.69, 9.17) is 0 Å². The summed E-state index contributed by atoms with van der Waals surface area (Å²) in [6, 6.07) is 5.91. The molecule has 0 fully saturated rings. The van der Waals surface area contributed by atoms with E-state index >= 15 is 0 Å². The quantitative estimate of drug-likeness (QED) is 0.758. The molecule has 0 spiro atoms. The molecule has 1 aliphatic rings. The van der Waals surface area contributed by atoms with E-state index in [1.54, 1.807) is 18.3 Å². The molecule has 0 radical (unpaired) electrons. The summed E-state index contributed by atoms with van der Waals surface area (Å²) in [5.74, 6) is -0.921. The predicted octanol–water partition coefficient (Wildman–Crippen LogP) is 2.47. The van der Waals surface area contributed by atoms with Gasteiger partial charge in [-0.05, 0) is 42.7 Å². The van der Waals surface area contributed by atoms with Gasteiger partial charge in [0.1, 0.15) is 5.82 Å². The summed E-state index contributed by atoms with van der Waals surface area (Å²) in [7, 11) is 0. The molecule has 1 aromatic carbocycles. The molecule has 2 heterocycles. The predicted molar refractivity (Wildman–Crippen MR) is 79.4 cm³/mol. The molecule has 23 heavy (non-hydrogen) atoms. The first-order valence-electron chi connectivity index (χ1n) is 7.06. The maximum absolute atomic E-state index is 13.0. The molecular weight excluding hydrogens is 299 g/mol. The molecule has 0 unspecified atom stereocenters. The molecule has 0 amide bonds. The van der Waals surface area contributed by atoms with E-state index in [-0.39, 0.29) is 11.5 Å². The fourth-order valence-electron chi connectivity index (χ4n) is 2.79. The molecule has 2 aromatic heterocycles. The molecular formula is C16H11FN4O2. The van der Waals surface area contributed by atoms with E-state index in [0.29, 0.717) is 41.2 Å². The molecule has 114 valence electrons. The van der Waals surface area contributed by atoms with Crippen molar-refractivity contribution in [3.8, 4) is 22.8 Å². The van der Waals surface area contributed by atoms with Gasteiger partial charge < -0.3 is 5.11 Å². The molecule has 2 N–H and O–H groups in total. The van der Waals surface area contributed by atoms with Gasteiger partial charge >= 0.3 is 5.97 Å². The van der Waals surface area contributed by atoms with Gasteiger partial charge in [0.15, 0.2) is 11.5 Å². The summed E-state index contributed by atoms with van der Waals surface area (Å²) < 4.78 is 13.0. The van der Waals surface area contributed by atoms with Crippen molar-refractivity contribution >= 4 is 5.97 Å². The van der Waals surface area contributed by atoms with Crippen LogP contribution in [0.25, 0.3) is 22.8 Å². The number of nitrogens with zero attached hydrogens (tertiary/aromatic N) is 3. The lowest BCUT2D eigenvalue weighted by atomic mass is 9.93. The number of aryl methyl sites for hydroxylation is 1. The molecule has 0 saturated heterocycles. The zero-order chi connectivity index (χ0) is 16.0. The number of rotatable bonds is 2. The van der Waals surface area contributed by atoms with E-state index in [2.05, 4.69) is 20.2 Å². The van der Waals surface area contributed by atoms with Crippen LogP contribution in [0.1, 0.15) is 21.6 Å². The Morgan fingerprint density at radius 1 is 1.22 bits per heavy atom. The van der Waals surface area contributed by atoms with Crippen LogP contribution in [0.4, 0.5) is 4.39 Å². The van der Waals surface area contributed by atoms with Crippen molar-refractivity contribution < 1.29 is 14.3 Å². The minimum atomic E-state index is -1.06.